The summed E-state index contributed by atoms with van der Waals surface area (Å²) in [5, 5.41) is 4.20. The van der Waals surface area contributed by atoms with Crippen molar-refractivity contribution in [2.75, 3.05) is 13.3 Å². The van der Waals surface area contributed by atoms with Crippen molar-refractivity contribution in [3.63, 3.8) is 0 Å². The summed E-state index contributed by atoms with van der Waals surface area (Å²) in [4.78, 5) is 12.5. The molecule has 0 amide bonds. The molecule has 0 spiro atoms. The standard InChI is InChI=1S/C17H15FN4O3.ClH/c18-6-11(7-19)8-22-17(23)21-9-13(2-4-16(21)20-22)12-1-3-14-15(5-12)25-10-24-14;/h1-6,9H,7-8,10,19H2;1H/b11-6+;. The van der Waals surface area contributed by atoms with Crippen LogP contribution < -0.4 is 20.9 Å². The van der Waals surface area contributed by atoms with Crippen LogP contribution in [0.15, 0.2) is 53.2 Å². The molecule has 136 valence electrons. The first-order chi connectivity index (χ1) is 12.2. The summed E-state index contributed by atoms with van der Waals surface area (Å²) in [5.41, 5.74) is 7.57. The Morgan fingerprint density at radius 2 is 2.00 bits per heavy atom. The number of nitrogens with two attached hydrogens (primary N) is 1. The lowest BCUT2D eigenvalue weighted by atomic mass is 10.1. The van der Waals surface area contributed by atoms with Crippen LogP contribution >= 0.6 is 12.4 Å². The van der Waals surface area contributed by atoms with Crippen LogP contribution in [0.1, 0.15) is 0 Å². The van der Waals surface area contributed by atoms with Crippen LogP contribution in [0.25, 0.3) is 16.8 Å². The topological polar surface area (TPSA) is 83.8 Å². The van der Waals surface area contributed by atoms with E-state index in [0.717, 1.165) is 11.1 Å². The van der Waals surface area contributed by atoms with Crippen molar-refractivity contribution in [3.8, 4) is 22.6 Å². The Balaban J connectivity index is 0.00000196. The van der Waals surface area contributed by atoms with Gasteiger partial charge in [-0.1, -0.05) is 6.07 Å². The number of aromatic nitrogens is 3. The third kappa shape index (κ3) is 3.04. The van der Waals surface area contributed by atoms with Gasteiger partial charge in [-0.3, -0.25) is 0 Å². The number of halogens is 2. The van der Waals surface area contributed by atoms with Crippen LogP contribution in [0, 0.1) is 0 Å². The molecule has 0 bridgehead atoms. The molecule has 4 rings (SSSR count). The van der Waals surface area contributed by atoms with E-state index in [4.69, 9.17) is 15.2 Å². The first-order valence-corrected chi connectivity index (χ1v) is 7.67. The van der Waals surface area contributed by atoms with Crippen molar-refractivity contribution in [1.29, 1.82) is 0 Å². The second-order valence-electron chi connectivity index (χ2n) is 5.63. The van der Waals surface area contributed by atoms with Crippen molar-refractivity contribution < 1.29 is 13.9 Å². The molecule has 2 N–H and O–H groups in total. The van der Waals surface area contributed by atoms with E-state index in [1.54, 1.807) is 12.3 Å². The van der Waals surface area contributed by atoms with Gasteiger partial charge < -0.3 is 15.2 Å². The van der Waals surface area contributed by atoms with Crippen LogP contribution in [-0.2, 0) is 6.54 Å². The van der Waals surface area contributed by atoms with Gasteiger partial charge in [0.25, 0.3) is 0 Å². The maximum atomic E-state index is 12.7. The monoisotopic (exact) mass is 378 g/mol. The van der Waals surface area contributed by atoms with Crippen molar-refractivity contribution in [1.82, 2.24) is 14.2 Å². The van der Waals surface area contributed by atoms with Gasteiger partial charge in [-0.2, -0.15) is 0 Å². The maximum Gasteiger partial charge on any atom is 0.350 e. The summed E-state index contributed by atoms with van der Waals surface area (Å²) in [6, 6.07) is 9.17. The first-order valence-electron chi connectivity index (χ1n) is 7.67. The summed E-state index contributed by atoms with van der Waals surface area (Å²) < 4.78 is 26.0. The second-order valence-corrected chi connectivity index (χ2v) is 5.63. The van der Waals surface area contributed by atoms with Crippen LogP contribution in [0.4, 0.5) is 4.39 Å². The van der Waals surface area contributed by atoms with Crippen LogP contribution in [0.2, 0.25) is 0 Å². The number of benzene rings is 1. The number of fused-ring (bicyclic) bond motifs is 2. The third-order valence-electron chi connectivity index (χ3n) is 4.05. The minimum absolute atomic E-state index is 0. The number of ether oxygens (including phenoxy) is 2. The minimum Gasteiger partial charge on any atom is -0.454 e. The normalized spacial score (nSPS) is 13.1. The van der Waals surface area contributed by atoms with Crippen molar-refractivity contribution >= 4 is 18.1 Å². The molecule has 0 saturated heterocycles. The van der Waals surface area contributed by atoms with E-state index in [-0.39, 0.29) is 38.0 Å². The number of pyridine rings is 1. The first kappa shape index (κ1) is 18.0. The quantitative estimate of drug-likeness (QED) is 0.751. The van der Waals surface area contributed by atoms with E-state index in [1.807, 2.05) is 24.3 Å². The van der Waals surface area contributed by atoms with Gasteiger partial charge in [0.1, 0.15) is 0 Å². The number of hydrogen-bond acceptors (Lipinski definition) is 5. The van der Waals surface area contributed by atoms with Crippen molar-refractivity contribution in [2.24, 2.45) is 5.73 Å². The third-order valence-corrected chi connectivity index (χ3v) is 4.05. The molecular weight excluding hydrogens is 363 g/mol. The lowest BCUT2D eigenvalue weighted by molar-refractivity contribution is 0.174. The molecule has 2 aromatic heterocycles. The van der Waals surface area contributed by atoms with Gasteiger partial charge in [0.15, 0.2) is 17.1 Å². The van der Waals surface area contributed by atoms with E-state index >= 15 is 0 Å². The zero-order valence-electron chi connectivity index (χ0n) is 13.6. The Morgan fingerprint density at radius 1 is 1.23 bits per heavy atom. The van der Waals surface area contributed by atoms with E-state index in [0.29, 0.717) is 29.0 Å². The van der Waals surface area contributed by atoms with Crippen LogP contribution in [0.3, 0.4) is 0 Å². The molecule has 1 aromatic carbocycles. The molecule has 0 saturated carbocycles. The summed E-state index contributed by atoms with van der Waals surface area (Å²) in [5.74, 6) is 1.36. The van der Waals surface area contributed by atoms with Gasteiger partial charge in [0.2, 0.25) is 6.79 Å². The second kappa shape index (κ2) is 7.19. The summed E-state index contributed by atoms with van der Waals surface area (Å²) in [6.07, 6.45) is 2.11. The highest BCUT2D eigenvalue weighted by Crippen LogP contribution is 2.35. The summed E-state index contributed by atoms with van der Waals surface area (Å²) in [6.45, 7) is 0.252. The Bertz CT molecular complexity index is 1040. The van der Waals surface area contributed by atoms with Gasteiger partial charge in [0.05, 0.1) is 12.9 Å². The van der Waals surface area contributed by atoms with E-state index in [9.17, 15) is 9.18 Å². The van der Waals surface area contributed by atoms with Gasteiger partial charge in [0, 0.05) is 12.7 Å². The molecule has 26 heavy (non-hydrogen) atoms. The molecule has 1 aliphatic rings. The predicted molar refractivity (Wildman–Crippen MR) is 96.5 cm³/mol. The molecule has 0 fully saturated rings. The van der Waals surface area contributed by atoms with Gasteiger partial charge in [-0.05, 0) is 41.0 Å². The van der Waals surface area contributed by atoms with Gasteiger partial charge in [-0.25, -0.2) is 18.3 Å². The molecule has 9 heteroatoms. The average Bonchev–Trinajstić information content (AvgIpc) is 3.23. The lowest BCUT2D eigenvalue weighted by Gasteiger charge is -2.03. The Kier molecular flexibility index (Phi) is 4.97. The fraction of sp³-hybridized carbons (Fsp3) is 0.176. The summed E-state index contributed by atoms with van der Waals surface area (Å²) in [7, 11) is 0. The van der Waals surface area contributed by atoms with Gasteiger partial charge >= 0.3 is 5.69 Å². The zero-order valence-corrected chi connectivity index (χ0v) is 14.4. The smallest absolute Gasteiger partial charge is 0.350 e. The fourth-order valence-electron chi connectivity index (χ4n) is 2.70. The summed E-state index contributed by atoms with van der Waals surface area (Å²) >= 11 is 0. The SMILES string of the molecule is Cl.NC/C(=C\F)Cn1nc2ccc(-c3ccc4c(c3)OCO4)cn2c1=O. The highest BCUT2D eigenvalue weighted by Gasteiger charge is 2.15. The Hall–Kier alpha value is -2.84. The number of hydrogen-bond donors (Lipinski definition) is 1. The molecule has 1 aliphatic heterocycles. The Morgan fingerprint density at radius 3 is 2.77 bits per heavy atom. The highest BCUT2D eigenvalue weighted by molar-refractivity contribution is 5.85. The molecule has 3 aromatic rings. The molecule has 0 atom stereocenters. The number of nitrogens with zero attached hydrogens (tertiary/aromatic N) is 3. The maximum absolute atomic E-state index is 12.7. The minimum atomic E-state index is -0.356. The van der Waals surface area contributed by atoms with Gasteiger partial charge in [-0.15, -0.1) is 17.5 Å². The van der Waals surface area contributed by atoms with Crippen LogP contribution in [-0.4, -0.2) is 27.5 Å². The molecule has 7 nitrogen and oxygen atoms in total. The Labute approximate surface area is 153 Å². The zero-order chi connectivity index (χ0) is 17.4. The average molecular weight is 379 g/mol. The van der Waals surface area contributed by atoms with Crippen LogP contribution in [0.5, 0.6) is 11.5 Å². The molecule has 0 unspecified atom stereocenters. The molecule has 3 heterocycles. The molecule has 0 aliphatic carbocycles. The van der Waals surface area contributed by atoms with E-state index in [2.05, 4.69) is 5.10 Å². The number of rotatable bonds is 4. The molecular formula is C17H16ClFN4O3. The highest BCUT2D eigenvalue weighted by atomic mass is 35.5. The molecule has 0 radical (unpaired) electrons. The van der Waals surface area contributed by atoms with E-state index in [1.165, 1.54) is 9.08 Å². The predicted octanol–water partition coefficient (Wildman–Crippen LogP) is 2.13. The van der Waals surface area contributed by atoms with E-state index < -0.39 is 0 Å². The lowest BCUT2D eigenvalue weighted by Crippen LogP contribution is -2.23. The van der Waals surface area contributed by atoms with Crippen molar-refractivity contribution in [3.05, 3.63) is 58.9 Å². The van der Waals surface area contributed by atoms with Crippen molar-refractivity contribution in [2.45, 2.75) is 6.54 Å². The fourth-order valence-corrected chi connectivity index (χ4v) is 2.70. The largest absolute Gasteiger partial charge is 0.454 e.